The molecule has 3 nitrogen and oxygen atoms in total. The quantitative estimate of drug-likeness (QED) is 0.834. The maximum absolute atomic E-state index is 13.3. The molecule has 15 heavy (non-hydrogen) atoms. The highest BCUT2D eigenvalue weighted by Gasteiger charge is 2.12. The van der Waals surface area contributed by atoms with Crippen LogP contribution in [0.4, 0.5) is 10.1 Å². The summed E-state index contributed by atoms with van der Waals surface area (Å²) < 4.78 is 13.3. The first-order valence-corrected chi connectivity index (χ1v) is 4.69. The molecule has 0 radical (unpaired) electrons. The third kappa shape index (κ3) is 2.46. The highest BCUT2D eigenvalue weighted by molar-refractivity contribution is 5.88. The smallest absolute Gasteiger partial charge is 0.338 e. The van der Waals surface area contributed by atoms with Crippen molar-refractivity contribution in [1.29, 1.82) is 0 Å². The molecule has 0 aliphatic heterocycles. The first kappa shape index (κ1) is 11.5. The van der Waals surface area contributed by atoms with Gasteiger partial charge >= 0.3 is 5.97 Å². The van der Waals surface area contributed by atoms with E-state index in [1.807, 2.05) is 25.8 Å². The van der Waals surface area contributed by atoms with Crippen LogP contribution in [0.1, 0.15) is 24.2 Å². The van der Waals surface area contributed by atoms with Gasteiger partial charge in [-0.1, -0.05) is 0 Å². The van der Waals surface area contributed by atoms with E-state index >= 15 is 0 Å². The number of hydrogen-bond acceptors (Lipinski definition) is 2. The average molecular weight is 211 g/mol. The number of halogens is 1. The molecule has 0 heterocycles. The number of carboxylic acid groups (broad SMARTS) is 1. The molecule has 1 aromatic carbocycles. The van der Waals surface area contributed by atoms with Crippen molar-refractivity contribution < 1.29 is 14.3 Å². The van der Waals surface area contributed by atoms with Gasteiger partial charge in [-0.2, -0.15) is 0 Å². The van der Waals surface area contributed by atoms with Crippen molar-refractivity contribution in [2.24, 2.45) is 0 Å². The van der Waals surface area contributed by atoms with Crippen LogP contribution in [0, 0.1) is 5.82 Å². The van der Waals surface area contributed by atoms with Crippen molar-refractivity contribution in [1.82, 2.24) is 0 Å². The molecule has 0 aliphatic rings. The summed E-state index contributed by atoms with van der Waals surface area (Å²) in [6.07, 6.45) is 0. The average Bonchev–Trinajstić information content (AvgIpc) is 2.15. The lowest BCUT2D eigenvalue weighted by Gasteiger charge is -2.23. The number of hydrogen-bond donors (Lipinski definition) is 1. The second-order valence-electron chi connectivity index (χ2n) is 3.67. The Labute approximate surface area is 88.1 Å². The second-order valence-corrected chi connectivity index (χ2v) is 3.67. The van der Waals surface area contributed by atoms with E-state index in [1.165, 1.54) is 12.1 Å². The number of aromatic carboxylic acids is 1. The number of benzene rings is 1. The van der Waals surface area contributed by atoms with Crippen LogP contribution in [0.2, 0.25) is 0 Å². The number of anilines is 1. The Morgan fingerprint density at radius 2 is 2.07 bits per heavy atom. The Hall–Kier alpha value is -1.58. The third-order valence-corrected chi connectivity index (χ3v) is 2.36. The summed E-state index contributed by atoms with van der Waals surface area (Å²) in [5.74, 6) is -1.95. The van der Waals surface area contributed by atoms with E-state index in [0.717, 1.165) is 0 Å². The fourth-order valence-electron chi connectivity index (χ4n) is 1.19. The topological polar surface area (TPSA) is 40.5 Å². The summed E-state index contributed by atoms with van der Waals surface area (Å²) in [5, 5.41) is 8.65. The van der Waals surface area contributed by atoms with Crippen molar-refractivity contribution in [2.75, 3.05) is 11.9 Å². The van der Waals surface area contributed by atoms with E-state index in [0.29, 0.717) is 5.69 Å². The summed E-state index contributed by atoms with van der Waals surface area (Å²) in [5.41, 5.74) is 0.378. The first-order chi connectivity index (χ1) is 6.93. The van der Waals surface area contributed by atoms with Gasteiger partial charge in [0, 0.05) is 18.8 Å². The first-order valence-electron chi connectivity index (χ1n) is 4.69. The normalized spacial score (nSPS) is 10.5. The van der Waals surface area contributed by atoms with Crippen molar-refractivity contribution >= 4 is 11.7 Å². The van der Waals surface area contributed by atoms with E-state index in [1.54, 1.807) is 6.07 Å². The van der Waals surface area contributed by atoms with Crippen LogP contribution >= 0.6 is 0 Å². The lowest BCUT2D eigenvalue weighted by atomic mass is 10.1. The molecule has 0 saturated heterocycles. The van der Waals surface area contributed by atoms with Crippen molar-refractivity contribution in [3.8, 4) is 0 Å². The Balaban J connectivity index is 3.06. The minimum absolute atomic E-state index is 0.236. The molecule has 4 heteroatoms. The van der Waals surface area contributed by atoms with Gasteiger partial charge in [-0.15, -0.1) is 0 Å². The molecule has 0 amide bonds. The van der Waals surface area contributed by atoms with Gasteiger partial charge in [0.25, 0.3) is 0 Å². The SMILES string of the molecule is CC(C)N(C)c1ccc(C(=O)O)c(F)c1. The van der Waals surface area contributed by atoms with Gasteiger partial charge in [0.1, 0.15) is 5.82 Å². The number of nitrogens with zero attached hydrogens (tertiary/aromatic N) is 1. The van der Waals surface area contributed by atoms with Gasteiger partial charge in [-0.3, -0.25) is 0 Å². The largest absolute Gasteiger partial charge is 0.478 e. The van der Waals surface area contributed by atoms with Crippen LogP contribution in [0.25, 0.3) is 0 Å². The Morgan fingerprint density at radius 1 is 1.47 bits per heavy atom. The van der Waals surface area contributed by atoms with E-state index < -0.39 is 11.8 Å². The zero-order valence-corrected chi connectivity index (χ0v) is 8.99. The molecule has 0 saturated carbocycles. The van der Waals surface area contributed by atoms with Crippen LogP contribution in [0.3, 0.4) is 0 Å². The van der Waals surface area contributed by atoms with E-state index in [2.05, 4.69) is 0 Å². The number of rotatable bonds is 3. The Kier molecular flexibility index (Phi) is 3.29. The van der Waals surface area contributed by atoms with Crippen LogP contribution in [-0.4, -0.2) is 24.2 Å². The number of carbonyl (C=O) groups is 1. The maximum Gasteiger partial charge on any atom is 0.338 e. The highest BCUT2D eigenvalue weighted by atomic mass is 19.1. The van der Waals surface area contributed by atoms with Crippen molar-refractivity contribution in [2.45, 2.75) is 19.9 Å². The van der Waals surface area contributed by atoms with Crippen LogP contribution in [0.5, 0.6) is 0 Å². The third-order valence-electron chi connectivity index (χ3n) is 2.36. The Morgan fingerprint density at radius 3 is 2.47 bits per heavy atom. The molecular weight excluding hydrogens is 197 g/mol. The molecule has 0 aromatic heterocycles. The fourth-order valence-corrected chi connectivity index (χ4v) is 1.19. The van der Waals surface area contributed by atoms with Gasteiger partial charge in [0.15, 0.2) is 0 Å². The second kappa shape index (κ2) is 4.29. The van der Waals surface area contributed by atoms with Crippen LogP contribution in [-0.2, 0) is 0 Å². The van der Waals surface area contributed by atoms with Gasteiger partial charge < -0.3 is 10.0 Å². The number of carboxylic acids is 1. The highest BCUT2D eigenvalue weighted by Crippen LogP contribution is 2.19. The van der Waals surface area contributed by atoms with E-state index in [-0.39, 0.29) is 11.6 Å². The van der Waals surface area contributed by atoms with Crippen molar-refractivity contribution in [3.05, 3.63) is 29.6 Å². The molecule has 0 atom stereocenters. The minimum atomic E-state index is -1.24. The minimum Gasteiger partial charge on any atom is -0.478 e. The van der Waals surface area contributed by atoms with Crippen molar-refractivity contribution in [3.63, 3.8) is 0 Å². The zero-order valence-electron chi connectivity index (χ0n) is 8.99. The molecule has 1 N–H and O–H groups in total. The van der Waals surface area contributed by atoms with Gasteiger partial charge in [0.05, 0.1) is 5.56 Å². The van der Waals surface area contributed by atoms with Gasteiger partial charge in [0.2, 0.25) is 0 Å². The zero-order chi connectivity index (χ0) is 11.6. The van der Waals surface area contributed by atoms with Gasteiger partial charge in [-0.05, 0) is 32.0 Å². The molecule has 0 aliphatic carbocycles. The standard InChI is InChI=1S/C11H14FNO2/c1-7(2)13(3)8-4-5-9(11(14)15)10(12)6-8/h4-7H,1-3H3,(H,14,15). The summed E-state index contributed by atoms with van der Waals surface area (Å²) in [4.78, 5) is 12.5. The Bertz CT molecular complexity index is 377. The monoisotopic (exact) mass is 211 g/mol. The summed E-state index contributed by atoms with van der Waals surface area (Å²) in [6, 6.07) is 4.36. The molecular formula is C11H14FNO2. The lowest BCUT2D eigenvalue weighted by Crippen LogP contribution is -2.25. The van der Waals surface area contributed by atoms with Gasteiger partial charge in [-0.25, -0.2) is 9.18 Å². The fraction of sp³-hybridized carbons (Fsp3) is 0.364. The summed E-state index contributed by atoms with van der Waals surface area (Å²) in [7, 11) is 1.83. The van der Waals surface area contributed by atoms with E-state index in [4.69, 9.17) is 5.11 Å². The summed E-state index contributed by atoms with van der Waals surface area (Å²) >= 11 is 0. The molecule has 1 aromatic rings. The molecule has 82 valence electrons. The predicted molar refractivity (Wildman–Crippen MR) is 56.9 cm³/mol. The van der Waals surface area contributed by atoms with Crippen LogP contribution < -0.4 is 4.90 Å². The van der Waals surface area contributed by atoms with E-state index in [9.17, 15) is 9.18 Å². The summed E-state index contributed by atoms with van der Waals surface area (Å²) in [6.45, 7) is 3.95. The molecule has 0 spiro atoms. The molecule has 1 rings (SSSR count). The maximum atomic E-state index is 13.3. The molecule has 0 unspecified atom stereocenters. The van der Waals surface area contributed by atoms with Crippen LogP contribution in [0.15, 0.2) is 18.2 Å². The predicted octanol–water partition coefficient (Wildman–Crippen LogP) is 2.37. The molecule has 0 fully saturated rings. The lowest BCUT2D eigenvalue weighted by molar-refractivity contribution is 0.0692. The molecule has 0 bridgehead atoms.